The normalized spacial score (nSPS) is 11.5. The molecule has 0 spiro atoms. The van der Waals surface area contributed by atoms with Crippen LogP contribution in [0.25, 0.3) is 11.5 Å². The van der Waals surface area contributed by atoms with E-state index in [1.807, 2.05) is 6.92 Å². The number of nitrogens with zero attached hydrogens (tertiary/aromatic N) is 1. The van der Waals surface area contributed by atoms with Crippen LogP contribution in [0.15, 0.2) is 62.9 Å². The average Bonchev–Trinajstić information content (AvgIpc) is 3.08. The maximum atomic E-state index is 13.1. The third kappa shape index (κ3) is 4.46. The van der Waals surface area contributed by atoms with E-state index >= 15 is 0 Å². The number of unbranched alkanes of at least 4 members (excludes halogenated alkanes) is 1. The summed E-state index contributed by atoms with van der Waals surface area (Å²) in [7, 11) is -3.87. The van der Waals surface area contributed by atoms with Gasteiger partial charge in [-0.2, -0.15) is 4.98 Å². The summed E-state index contributed by atoms with van der Waals surface area (Å²) in [6.07, 6.45) is 1.84. The maximum Gasteiger partial charge on any atom is 0.233 e. The smallest absolute Gasteiger partial charge is 0.233 e. The van der Waals surface area contributed by atoms with Gasteiger partial charge in [-0.15, -0.1) is 0 Å². The van der Waals surface area contributed by atoms with E-state index in [1.165, 1.54) is 24.3 Å². The number of sulfone groups is 1. The van der Waals surface area contributed by atoms with E-state index in [1.54, 1.807) is 24.3 Å². The first-order valence-corrected chi connectivity index (χ1v) is 10.7. The Morgan fingerprint density at radius 2 is 1.59 bits per heavy atom. The van der Waals surface area contributed by atoms with Crippen LogP contribution in [-0.4, -0.2) is 19.9 Å². The lowest BCUT2D eigenvalue weighted by atomic mass is 10.2. The van der Waals surface area contributed by atoms with Gasteiger partial charge in [-0.1, -0.05) is 36.5 Å². The molecule has 3 rings (SSSR count). The Morgan fingerprint density at radius 3 is 2.19 bits per heavy atom. The van der Waals surface area contributed by atoms with Crippen LogP contribution >= 0.6 is 23.2 Å². The minimum Gasteiger partial charge on any atom is -0.419 e. The number of hydrogen-bond acceptors (Lipinski definition) is 5. The molecular weight excluding hydrogens is 407 g/mol. The SMILES string of the molecule is CCCCNc1oc(-c2ccc(Cl)cc2)nc1S(=O)(=O)c1ccc(Cl)cc1. The first kappa shape index (κ1) is 19.7. The van der Waals surface area contributed by atoms with Crippen LogP contribution in [0.3, 0.4) is 0 Å². The molecule has 0 amide bonds. The summed E-state index contributed by atoms with van der Waals surface area (Å²) in [6.45, 7) is 2.63. The van der Waals surface area contributed by atoms with Gasteiger partial charge in [-0.3, -0.25) is 0 Å². The molecule has 0 atom stereocenters. The molecule has 5 nitrogen and oxygen atoms in total. The van der Waals surface area contributed by atoms with Crippen molar-refractivity contribution in [3.8, 4) is 11.5 Å². The Balaban J connectivity index is 2.06. The first-order valence-electron chi connectivity index (χ1n) is 8.43. The predicted molar refractivity (Wildman–Crippen MR) is 107 cm³/mol. The van der Waals surface area contributed by atoms with Crippen LogP contribution in [0.5, 0.6) is 0 Å². The summed E-state index contributed by atoms with van der Waals surface area (Å²) in [5.74, 6) is 0.335. The van der Waals surface area contributed by atoms with Crippen LogP contribution in [0.1, 0.15) is 19.8 Å². The van der Waals surface area contributed by atoms with Crippen molar-refractivity contribution in [1.29, 1.82) is 0 Å². The summed E-state index contributed by atoms with van der Waals surface area (Å²) in [5, 5.41) is 3.92. The summed E-state index contributed by atoms with van der Waals surface area (Å²) >= 11 is 11.8. The monoisotopic (exact) mass is 424 g/mol. The molecule has 0 fully saturated rings. The number of oxazole rings is 1. The summed E-state index contributed by atoms with van der Waals surface area (Å²) < 4.78 is 31.9. The van der Waals surface area contributed by atoms with Gasteiger partial charge >= 0.3 is 0 Å². The summed E-state index contributed by atoms with van der Waals surface area (Å²) in [6, 6.07) is 12.8. The molecule has 1 N–H and O–H groups in total. The Bertz CT molecular complexity index is 1010. The number of benzene rings is 2. The van der Waals surface area contributed by atoms with Gasteiger partial charge in [0, 0.05) is 22.2 Å². The molecule has 0 radical (unpaired) electrons. The molecule has 0 aliphatic rings. The maximum absolute atomic E-state index is 13.1. The van der Waals surface area contributed by atoms with E-state index in [4.69, 9.17) is 27.6 Å². The van der Waals surface area contributed by atoms with Crippen molar-refractivity contribution in [1.82, 2.24) is 4.98 Å². The molecule has 0 aliphatic heterocycles. The molecule has 0 aliphatic carbocycles. The Kier molecular flexibility index (Phi) is 6.09. The quantitative estimate of drug-likeness (QED) is 0.492. The zero-order valence-electron chi connectivity index (χ0n) is 14.6. The fourth-order valence-corrected chi connectivity index (χ4v) is 3.95. The van der Waals surface area contributed by atoms with Gasteiger partial charge in [0.25, 0.3) is 0 Å². The second-order valence-electron chi connectivity index (χ2n) is 5.90. The third-order valence-corrected chi connectivity index (χ3v) is 6.06. The van der Waals surface area contributed by atoms with Gasteiger partial charge < -0.3 is 9.73 Å². The number of rotatable bonds is 7. The Hall–Kier alpha value is -2.02. The van der Waals surface area contributed by atoms with Gasteiger partial charge in [-0.25, -0.2) is 8.42 Å². The van der Waals surface area contributed by atoms with E-state index in [0.717, 1.165) is 12.8 Å². The molecule has 3 aromatic rings. The number of anilines is 1. The fourth-order valence-electron chi connectivity index (χ4n) is 2.42. The predicted octanol–water partition coefficient (Wildman–Crippen LogP) is 5.69. The zero-order valence-corrected chi connectivity index (χ0v) is 16.9. The molecule has 0 saturated heterocycles. The van der Waals surface area contributed by atoms with Crippen molar-refractivity contribution in [2.45, 2.75) is 29.7 Å². The molecular formula is C19H18Cl2N2O3S. The van der Waals surface area contributed by atoms with Crippen LogP contribution in [0, 0.1) is 0 Å². The highest BCUT2D eigenvalue weighted by Crippen LogP contribution is 2.33. The van der Waals surface area contributed by atoms with Gasteiger partial charge in [-0.05, 0) is 55.0 Å². The molecule has 0 bridgehead atoms. The van der Waals surface area contributed by atoms with Gasteiger partial charge in [0.2, 0.25) is 26.6 Å². The highest BCUT2D eigenvalue weighted by atomic mass is 35.5. The molecule has 27 heavy (non-hydrogen) atoms. The highest BCUT2D eigenvalue weighted by molar-refractivity contribution is 7.91. The van der Waals surface area contributed by atoms with Crippen molar-refractivity contribution in [3.63, 3.8) is 0 Å². The molecule has 2 aromatic carbocycles. The lowest BCUT2D eigenvalue weighted by Crippen LogP contribution is -2.08. The lowest BCUT2D eigenvalue weighted by molar-refractivity contribution is 0.575. The molecule has 1 aromatic heterocycles. The number of halogens is 2. The van der Waals surface area contributed by atoms with E-state index in [-0.39, 0.29) is 21.7 Å². The summed E-state index contributed by atoms with van der Waals surface area (Å²) in [5.41, 5.74) is 0.635. The molecule has 0 saturated carbocycles. The van der Waals surface area contributed by atoms with Crippen molar-refractivity contribution >= 4 is 38.9 Å². The van der Waals surface area contributed by atoms with Crippen LogP contribution in [0.4, 0.5) is 5.88 Å². The van der Waals surface area contributed by atoms with Gasteiger partial charge in [0.05, 0.1) is 4.90 Å². The number of hydrogen-bond donors (Lipinski definition) is 1. The van der Waals surface area contributed by atoms with Crippen molar-refractivity contribution in [2.24, 2.45) is 0 Å². The summed E-state index contributed by atoms with van der Waals surface area (Å²) in [4.78, 5) is 4.36. The van der Waals surface area contributed by atoms with Crippen molar-refractivity contribution in [3.05, 3.63) is 58.6 Å². The Morgan fingerprint density at radius 1 is 1.00 bits per heavy atom. The minimum absolute atomic E-state index is 0.0985. The molecule has 142 valence electrons. The van der Waals surface area contributed by atoms with Crippen LogP contribution < -0.4 is 5.32 Å². The van der Waals surface area contributed by atoms with Crippen molar-refractivity contribution in [2.75, 3.05) is 11.9 Å². The average molecular weight is 425 g/mol. The minimum atomic E-state index is -3.87. The lowest BCUT2D eigenvalue weighted by Gasteiger charge is -2.05. The standard InChI is InChI=1S/C19H18Cl2N2O3S/c1-2-3-12-22-18-19(27(24,25)16-10-8-15(21)9-11-16)23-17(26-18)13-4-6-14(20)7-5-13/h4-11,22H,2-3,12H2,1H3. The Labute approximate surface area is 168 Å². The van der Waals surface area contributed by atoms with Crippen molar-refractivity contribution < 1.29 is 12.8 Å². The topological polar surface area (TPSA) is 72.2 Å². The second kappa shape index (κ2) is 8.33. The third-order valence-electron chi connectivity index (χ3n) is 3.88. The largest absolute Gasteiger partial charge is 0.419 e. The zero-order chi connectivity index (χ0) is 19.4. The fraction of sp³-hybridized carbons (Fsp3) is 0.211. The second-order valence-corrected chi connectivity index (χ2v) is 8.64. The first-order chi connectivity index (χ1) is 12.9. The highest BCUT2D eigenvalue weighted by Gasteiger charge is 2.28. The van der Waals surface area contributed by atoms with E-state index in [0.29, 0.717) is 22.2 Å². The van der Waals surface area contributed by atoms with E-state index < -0.39 is 9.84 Å². The van der Waals surface area contributed by atoms with Crippen LogP contribution in [-0.2, 0) is 9.84 Å². The number of nitrogens with one attached hydrogen (secondary N) is 1. The van der Waals surface area contributed by atoms with Crippen LogP contribution in [0.2, 0.25) is 10.0 Å². The van der Waals surface area contributed by atoms with Gasteiger partial charge in [0.1, 0.15) is 0 Å². The molecule has 8 heteroatoms. The number of aromatic nitrogens is 1. The van der Waals surface area contributed by atoms with E-state index in [2.05, 4.69) is 10.3 Å². The van der Waals surface area contributed by atoms with E-state index in [9.17, 15) is 8.42 Å². The molecule has 0 unspecified atom stereocenters. The van der Waals surface area contributed by atoms with Gasteiger partial charge in [0.15, 0.2) is 0 Å². The molecule has 1 heterocycles.